The first-order chi connectivity index (χ1) is 8.15. The zero-order chi connectivity index (χ0) is 12.7. The third-order valence-corrected chi connectivity index (χ3v) is 2.91. The van der Waals surface area contributed by atoms with Crippen LogP contribution in [0.5, 0.6) is 0 Å². The zero-order valence-corrected chi connectivity index (χ0v) is 10.4. The number of amides is 1. The summed E-state index contributed by atoms with van der Waals surface area (Å²) in [7, 11) is 1.27. The van der Waals surface area contributed by atoms with Gasteiger partial charge in [0, 0.05) is 11.8 Å². The molecule has 0 fully saturated rings. The molecule has 0 saturated heterocycles. The van der Waals surface area contributed by atoms with Crippen LogP contribution in [0.1, 0.15) is 10.7 Å². The van der Waals surface area contributed by atoms with E-state index in [-0.39, 0.29) is 18.9 Å². The van der Waals surface area contributed by atoms with Crippen molar-refractivity contribution in [1.82, 2.24) is 10.3 Å². The molecule has 0 radical (unpaired) electrons. The molecule has 0 atom stereocenters. The van der Waals surface area contributed by atoms with Gasteiger partial charge in [-0.25, -0.2) is 4.98 Å². The number of nitrogens with two attached hydrogens (primary N) is 1. The van der Waals surface area contributed by atoms with Crippen molar-refractivity contribution >= 4 is 23.2 Å². The van der Waals surface area contributed by atoms with Gasteiger partial charge in [-0.3, -0.25) is 9.59 Å². The molecule has 0 unspecified atom stereocenters. The van der Waals surface area contributed by atoms with Gasteiger partial charge < -0.3 is 15.8 Å². The highest BCUT2D eigenvalue weighted by molar-refractivity contribution is 7.09. The molecule has 1 heterocycles. The molecule has 0 bridgehead atoms. The number of ether oxygens (including phenoxy) is 1. The van der Waals surface area contributed by atoms with E-state index in [0.717, 1.165) is 5.01 Å². The van der Waals surface area contributed by atoms with Gasteiger partial charge in [0.25, 0.3) is 0 Å². The van der Waals surface area contributed by atoms with E-state index in [9.17, 15) is 9.59 Å². The lowest BCUT2D eigenvalue weighted by Crippen LogP contribution is -2.31. The quantitative estimate of drug-likeness (QED) is 0.668. The van der Waals surface area contributed by atoms with E-state index >= 15 is 0 Å². The number of nitrogens with one attached hydrogen (secondary N) is 1. The van der Waals surface area contributed by atoms with E-state index in [0.29, 0.717) is 18.7 Å². The van der Waals surface area contributed by atoms with Gasteiger partial charge in [0.05, 0.1) is 24.2 Å². The summed E-state index contributed by atoms with van der Waals surface area (Å²) in [6, 6.07) is 0. The third kappa shape index (κ3) is 4.92. The lowest BCUT2D eigenvalue weighted by atomic mass is 10.3. The van der Waals surface area contributed by atoms with Gasteiger partial charge in [0.2, 0.25) is 5.91 Å². The Morgan fingerprint density at radius 3 is 3.00 bits per heavy atom. The molecule has 0 aliphatic rings. The number of thiazole rings is 1. The molecule has 7 heteroatoms. The summed E-state index contributed by atoms with van der Waals surface area (Å²) in [6.45, 7) is 0.427. The first kappa shape index (κ1) is 13.6. The molecular formula is C10H15N3O3S. The van der Waals surface area contributed by atoms with Crippen molar-refractivity contribution in [2.45, 2.75) is 12.8 Å². The lowest BCUT2D eigenvalue weighted by molar-refractivity contribution is -0.141. The Balaban J connectivity index is 2.36. The van der Waals surface area contributed by atoms with Gasteiger partial charge in [-0.05, 0) is 6.54 Å². The summed E-state index contributed by atoms with van der Waals surface area (Å²) in [5.74, 6) is -0.722. The molecule has 0 aliphatic carbocycles. The topological polar surface area (TPSA) is 94.3 Å². The minimum Gasteiger partial charge on any atom is -0.468 e. The number of carbonyl (C=O) groups is 2. The van der Waals surface area contributed by atoms with Crippen LogP contribution in [0.4, 0.5) is 0 Å². The predicted octanol–water partition coefficient (Wildman–Crippen LogP) is -0.524. The Bertz CT molecular complexity index is 392. The monoisotopic (exact) mass is 257 g/mol. The summed E-state index contributed by atoms with van der Waals surface area (Å²) >= 11 is 1.48. The molecule has 1 rings (SSSR count). The Kier molecular flexibility index (Phi) is 5.58. The van der Waals surface area contributed by atoms with E-state index in [1.165, 1.54) is 18.4 Å². The Morgan fingerprint density at radius 2 is 2.35 bits per heavy atom. The highest BCUT2D eigenvalue weighted by Crippen LogP contribution is 2.10. The number of methoxy groups -OCH3 is 1. The van der Waals surface area contributed by atoms with Gasteiger partial charge in [0.1, 0.15) is 6.54 Å². The first-order valence-corrected chi connectivity index (χ1v) is 6.00. The van der Waals surface area contributed by atoms with Crippen molar-refractivity contribution in [3.8, 4) is 0 Å². The van der Waals surface area contributed by atoms with Gasteiger partial charge in [0.15, 0.2) is 0 Å². The molecule has 1 aromatic rings. The van der Waals surface area contributed by atoms with Crippen LogP contribution in [0.2, 0.25) is 0 Å². The van der Waals surface area contributed by atoms with E-state index in [1.807, 2.05) is 5.38 Å². The fraction of sp³-hybridized carbons (Fsp3) is 0.500. The molecule has 3 N–H and O–H groups in total. The number of rotatable bonds is 6. The van der Waals surface area contributed by atoms with Crippen LogP contribution in [0, 0.1) is 0 Å². The summed E-state index contributed by atoms with van der Waals surface area (Å²) in [5, 5.41) is 5.19. The van der Waals surface area contributed by atoms with Gasteiger partial charge in [-0.1, -0.05) is 0 Å². The molecule has 94 valence electrons. The fourth-order valence-corrected chi connectivity index (χ4v) is 1.95. The fourth-order valence-electron chi connectivity index (χ4n) is 1.14. The van der Waals surface area contributed by atoms with Crippen LogP contribution >= 0.6 is 11.3 Å². The van der Waals surface area contributed by atoms with Gasteiger partial charge in [-0.2, -0.15) is 0 Å². The van der Waals surface area contributed by atoms with Crippen LogP contribution in [0.3, 0.4) is 0 Å². The van der Waals surface area contributed by atoms with Crippen LogP contribution < -0.4 is 11.1 Å². The smallest absolute Gasteiger partial charge is 0.325 e. The molecular weight excluding hydrogens is 242 g/mol. The minimum atomic E-state index is -0.472. The van der Waals surface area contributed by atoms with Gasteiger partial charge >= 0.3 is 5.97 Å². The highest BCUT2D eigenvalue weighted by Gasteiger charge is 2.09. The second kappa shape index (κ2) is 6.97. The molecule has 0 aromatic carbocycles. The molecule has 6 nitrogen and oxygen atoms in total. The van der Waals surface area contributed by atoms with E-state index in [1.54, 1.807) is 0 Å². The number of hydrogen-bond donors (Lipinski definition) is 2. The van der Waals surface area contributed by atoms with Crippen LogP contribution in [-0.4, -0.2) is 37.1 Å². The van der Waals surface area contributed by atoms with E-state index < -0.39 is 5.97 Å². The summed E-state index contributed by atoms with van der Waals surface area (Å²) in [4.78, 5) is 26.5. The number of aromatic nitrogens is 1. The van der Waals surface area contributed by atoms with Crippen LogP contribution in [0.15, 0.2) is 5.38 Å². The second-order valence-corrected chi connectivity index (χ2v) is 4.24. The van der Waals surface area contributed by atoms with Crippen molar-refractivity contribution in [2.24, 2.45) is 5.73 Å². The van der Waals surface area contributed by atoms with Crippen molar-refractivity contribution in [3.05, 3.63) is 16.1 Å². The standard InChI is InChI=1S/C10H15N3O3S/c1-16-10(15)5-12-8(14)4-7-6-17-9(13-7)2-3-11/h6H,2-5,11H2,1H3,(H,12,14). The zero-order valence-electron chi connectivity index (χ0n) is 9.56. The van der Waals surface area contributed by atoms with Crippen molar-refractivity contribution in [2.75, 3.05) is 20.2 Å². The summed E-state index contributed by atoms with van der Waals surface area (Å²) in [5.41, 5.74) is 6.10. The van der Waals surface area contributed by atoms with Crippen molar-refractivity contribution in [3.63, 3.8) is 0 Å². The average molecular weight is 257 g/mol. The second-order valence-electron chi connectivity index (χ2n) is 3.30. The molecule has 17 heavy (non-hydrogen) atoms. The molecule has 0 aliphatic heterocycles. The average Bonchev–Trinajstić information content (AvgIpc) is 2.74. The number of hydrogen-bond acceptors (Lipinski definition) is 6. The maximum Gasteiger partial charge on any atom is 0.325 e. The highest BCUT2D eigenvalue weighted by atomic mass is 32.1. The molecule has 0 spiro atoms. The van der Waals surface area contributed by atoms with E-state index in [2.05, 4.69) is 15.0 Å². The maximum atomic E-state index is 11.4. The van der Waals surface area contributed by atoms with Gasteiger partial charge in [-0.15, -0.1) is 11.3 Å². The predicted molar refractivity (Wildman–Crippen MR) is 63.6 cm³/mol. The maximum absolute atomic E-state index is 11.4. The Hall–Kier alpha value is -1.47. The first-order valence-electron chi connectivity index (χ1n) is 5.12. The number of nitrogens with zero attached hydrogens (tertiary/aromatic N) is 1. The molecule has 0 saturated carbocycles. The number of carbonyl (C=O) groups excluding carboxylic acids is 2. The van der Waals surface area contributed by atoms with Crippen LogP contribution in [-0.2, 0) is 27.2 Å². The summed E-state index contributed by atoms with van der Waals surface area (Å²) in [6.07, 6.45) is 0.881. The number of esters is 1. The normalized spacial score (nSPS) is 10.0. The van der Waals surface area contributed by atoms with Crippen LogP contribution in [0.25, 0.3) is 0 Å². The lowest BCUT2D eigenvalue weighted by Gasteiger charge is -2.01. The largest absolute Gasteiger partial charge is 0.468 e. The Labute approximate surface area is 103 Å². The van der Waals surface area contributed by atoms with Crippen molar-refractivity contribution < 1.29 is 14.3 Å². The minimum absolute atomic E-state index is 0.116. The van der Waals surface area contributed by atoms with E-state index in [4.69, 9.17) is 5.73 Å². The molecule has 1 amide bonds. The van der Waals surface area contributed by atoms with Crippen molar-refractivity contribution in [1.29, 1.82) is 0 Å². The third-order valence-electron chi connectivity index (χ3n) is 1.96. The summed E-state index contributed by atoms with van der Waals surface area (Å²) < 4.78 is 4.41. The Morgan fingerprint density at radius 1 is 1.59 bits per heavy atom. The molecule has 1 aromatic heterocycles. The SMILES string of the molecule is COC(=O)CNC(=O)Cc1csc(CCN)n1.